The van der Waals surface area contributed by atoms with Crippen molar-refractivity contribution in [1.82, 2.24) is 16.0 Å². The number of alkyl carbamates (subject to hydrolysis) is 1. The highest BCUT2D eigenvalue weighted by molar-refractivity contribution is 5.68. The van der Waals surface area contributed by atoms with Crippen molar-refractivity contribution in [2.75, 3.05) is 13.1 Å². The van der Waals surface area contributed by atoms with Gasteiger partial charge in [-0.15, -0.1) is 0 Å². The van der Waals surface area contributed by atoms with E-state index in [-0.39, 0.29) is 12.1 Å². The molecule has 0 aromatic rings. The molecule has 2 fully saturated rings. The van der Waals surface area contributed by atoms with E-state index in [1.165, 1.54) is 38.6 Å². The zero-order valence-corrected chi connectivity index (χ0v) is 14.6. The first-order valence-corrected chi connectivity index (χ1v) is 8.81. The van der Waals surface area contributed by atoms with E-state index in [4.69, 9.17) is 4.74 Å². The maximum absolute atomic E-state index is 11.8. The topological polar surface area (TPSA) is 62.4 Å². The zero-order chi connectivity index (χ0) is 16.2. The standard InChI is InChI=1S/C17H33N3O2/c1-12(20-16(21)22-17(2,3)4)11-19-15-8-5-7-13(15)14-9-6-10-18-14/h12-15,18-19H,5-11H2,1-4H3,(H,20,21). The zero-order valence-electron chi connectivity index (χ0n) is 14.6. The summed E-state index contributed by atoms with van der Waals surface area (Å²) in [5.74, 6) is 0.747. The summed E-state index contributed by atoms with van der Waals surface area (Å²) in [4.78, 5) is 11.8. The molecule has 2 rings (SSSR count). The first-order valence-electron chi connectivity index (χ1n) is 8.81. The van der Waals surface area contributed by atoms with E-state index >= 15 is 0 Å². The molecule has 128 valence electrons. The van der Waals surface area contributed by atoms with Gasteiger partial charge in [0.1, 0.15) is 5.60 Å². The van der Waals surface area contributed by atoms with Crippen LogP contribution in [-0.2, 0) is 4.74 Å². The summed E-state index contributed by atoms with van der Waals surface area (Å²) < 4.78 is 5.29. The average Bonchev–Trinajstić information content (AvgIpc) is 3.04. The Morgan fingerprint density at radius 3 is 2.68 bits per heavy atom. The highest BCUT2D eigenvalue weighted by Crippen LogP contribution is 2.31. The fourth-order valence-corrected chi connectivity index (χ4v) is 3.69. The molecule has 4 unspecified atom stereocenters. The van der Waals surface area contributed by atoms with Crippen molar-refractivity contribution in [3.8, 4) is 0 Å². The molecule has 5 heteroatoms. The Morgan fingerprint density at radius 1 is 1.27 bits per heavy atom. The van der Waals surface area contributed by atoms with Crippen molar-refractivity contribution in [1.29, 1.82) is 0 Å². The van der Waals surface area contributed by atoms with Gasteiger partial charge in [-0.05, 0) is 65.8 Å². The molecule has 1 amide bonds. The van der Waals surface area contributed by atoms with Crippen molar-refractivity contribution in [2.45, 2.75) is 83.5 Å². The normalized spacial score (nSPS) is 30.3. The summed E-state index contributed by atoms with van der Waals surface area (Å²) in [6.45, 7) is 9.64. The summed E-state index contributed by atoms with van der Waals surface area (Å²) >= 11 is 0. The molecule has 0 spiro atoms. The van der Waals surface area contributed by atoms with Crippen molar-refractivity contribution in [2.24, 2.45) is 5.92 Å². The van der Waals surface area contributed by atoms with Crippen molar-refractivity contribution < 1.29 is 9.53 Å². The Balaban J connectivity index is 1.71. The SMILES string of the molecule is CC(CNC1CCCC1C1CCCN1)NC(=O)OC(C)(C)C. The fourth-order valence-electron chi connectivity index (χ4n) is 3.69. The third-order valence-corrected chi connectivity index (χ3v) is 4.63. The van der Waals surface area contributed by atoms with E-state index < -0.39 is 5.60 Å². The third-order valence-electron chi connectivity index (χ3n) is 4.63. The molecule has 2 aliphatic rings. The molecule has 4 atom stereocenters. The van der Waals surface area contributed by atoms with Crippen LogP contribution in [0.25, 0.3) is 0 Å². The molecule has 22 heavy (non-hydrogen) atoms. The Hall–Kier alpha value is -0.810. The first kappa shape index (κ1) is 17.5. The molecule has 1 aliphatic carbocycles. The number of hydrogen-bond donors (Lipinski definition) is 3. The lowest BCUT2D eigenvalue weighted by molar-refractivity contribution is 0.0507. The molecule has 1 heterocycles. The summed E-state index contributed by atoms with van der Waals surface area (Å²) in [6.07, 6.45) is 6.18. The Kier molecular flexibility index (Phi) is 6.09. The van der Waals surface area contributed by atoms with Gasteiger partial charge in [0.15, 0.2) is 0 Å². The maximum atomic E-state index is 11.8. The molecular weight excluding hydrogens is 278 g/mol. The minimum absolute atomic E-state index is 0.0765. The molecule has 1 saturated heterocycles. The molecule has 1 saturated carbocycles. The van der Waals surface area contributed by atoms with Crippen LogP contribution in [0.3, 0.4) is 0 Å². The van der Waals surface area contributed by atoms with Crippen LogP contribution in [0, 0.1) is 5.92 Å². The lowest BCUT2D eigenvalue weighted by Gasteiger charge is -2.28. The van der Waals surface area contributed by atoms with E-state index in [1.807, 2.05) is 27.7 Å². The van der Waals surface area contributed by atoms with Gasteiger partial charge in [-0.3, -0.25) is 0 Å². The fraction of sp³-hybridized carbons (Fsp3) is 0.941. The number of ether oxygens (including phenoxy) is 1. The van der Waals surface area contributed by atoms with Crippen LogP contribution in [-0.4, -0.2) is 42.9 Å². The Bertz CT molecular complexity index is 361. The van der Waals surface area contributed by atoms with Gasteiger partial charge in [0.2, 0.25) is 0 Å². The van der Waals surface area contributed by atoms with Crippen LogP contribution in [0.15, 0.2) is 0 Å². The van der Waals surface area contributed by atoms with Crippen molar-refractivity contribution >= 4 is 6.09 Å². The lowest BCUT2D eigenvalue weighted by Crippen LogP contribution is -2.48. The van der Waals surface area contributed by atoms with Crippen LogP contribution < -0.4 is 16.0 Å². The number of carbonyl (C=O) groups excluding carboxylic acids is 1. The highest BCUT2D eigenvalue weighted by Gasteiger charge is 2.34. The molecule has 0 aromatic heterocycles. The van der Waals surface area contributed by atoms with Gasteiger partial charge in [-0.2, -0.15) is 0 Å². The smallest absolute Gasteiger partial charge is 0.407 e. The van der Waals surface area contributed by atoms with Crippen molar-refractivity contribution in [3.05, 3.63) is 0 Å². The largest absolute Gasteiger partial charge is 0.444 e. The number of amides is 1. The van der Waals surface area contributed by atoms with Crippen LogP contribution in [0.1, 0.15) is 59.8 Å². The van der Waals surface area contributed by atoms with E-state index in [0.717, 1.165) is 12.5 Å². The second kappa shape index (κ2) is 7.64. The quantitative estimate of drug-likeness (QED) is 0.729. The van der Waals surface area contributed by atoms with E-state index in [0.29, 0.717) is 12.1 Å². The van der Waals surface area contributed by atoms with E-state index in [2.05, 4.69) is 16.0 Å². The van der Waals surface area contributed by atoms with Crippen LogP contribution in [0.2, 0.25) is 0 Å². The second-order valence-electron chi connectivity index (χ2n) is 7.86. The number of nitrogens with one attached hydrogen (secondary N) is 3. The van der Waals surface area contributed by atoms with E-state index in [1.54, 1.807) is 0 Å². The molecule has 0 radical (unpaired) electrons. The molecule has 5 nitrogen and oxygen atoms in total. The molecule has 0 aromatic carbocycles. The van der Waals surface area contributed by atoms with Gasteiger partial charge >= 0.3 is 6.09 Å². The predicted octanol–water partition coefficient (Wildman–Crippen LogP) is 2.41. The predicted molar refractivity (Wildman–Crippen MR) is 89.0 cm³/mol. The van der Waals surface area contributed by atoms with Gasteiger partial charge in [0, 0.05) is 24.7 Å². The number of hydrogen-bond acceptors (Lipinski definition) is 4. The van der Waals surface area contributed by atoms with Crippen LogP contribution in [0.5, 0.6) is 0 Å². The molecule has 1 aliphatic heterocycles. The second-order valence-corrected chi connectivity index (χ2v) is 7.86. The van der Waals surface area contributed by atoms with Crippen molar-refractivity contribution in [3.63, 3.8) is 0 Å². The summed E-state index contributed by atoms with van der Waals surface area (Å²) in [5.41, 5.74) is -0.443. The number of rotatable bonds is 5. The average molecular weight is 311 g/mol. The first-order chi connectivity index (χ1) is 10.3. The minimum atomic E-state index is -0.443. The lowest BCUT2D eigenvalue weighted by atomic mass is 9.93. The highest BCUT2D eigenvalue weighted by atomic mass is 16.6. The van der Waals surface area contributed by atoms with Gasteiger partial charge in [0.05, 0.1) is 0 Å². The van der Waals surface area contributed by atoms with E-state index in [9.17, 15) is 4.79 Å². The maximum Gasteiger partial charge on any atom is 0.407 e. The molecule has 3 N–H and O–H groups in total. The Labute approximate surface area is 134 Å². The Morgan fingerprint density at radius 2 is 2.05 bits per heavy atom. The summed E-state index contributed by atoms with van der Waals surface area (Å²) in [6, 6.07) is 1.35. The number of carbonyl (C=O) groups is 1. The van der Waals surface area contributed by atoms with Crippen LogP contribution >= 0.6 is 0 Å². The minimum Gasteiger partial charge on any atom is -0.444 e. The van der Waals surface area contributed by atoms with Gasteiger partial charge in [-0.25, -0.2) is 4.79 Å². The molecular formula is C17H33N3O2. The summed E-state index contributed by atoms with van der Waals surface area (Å²) in [5, 5.41) is 10.2. The third kappa shape index (κ3) is 5.43. The van der Waals surface area contributed by atoms with Gasteiger partial charge in [0.25, 0.3) is 0 Å². The summed E-state index contributed by atoms with van der Waals surface area (Å²) in [7, 11) is 0. The monoisotopic (exact) mass is 311 g/mol. The van der Waals surface area contributed by atoms with Gasteiger partial charge in [-0.1, -0.05) is 6.42 Å². The molecule has 0 bridgehead atoms. The van der Waals surface area contributed by atoms with Crippen LogP contribution in [0.4, 0.5) is 4.79 Å². The van der Waals surface area contributed by atoms with Gasteiger partial charge < -0.3 is 20.7 Å².